The van der Waals surface area contributed by atoms with E-state index in [1.807, 2.05) is 36.4 Å². The third kappa shape index (κ3) is 7.92. The predicted octanol–water partition coefficient (Wildman–Crippen LogP) is 2.88. The van der Waals surface area contributed by atoms with Crippen molar-refractivity contribution in [3.63, 3.8) is 0 Å². The van der Waals surface area contributed by atoms with Gasteiger partial charge in [-0.25, -0.2) is 0 Å². The van der Waals surface area contributed by atoms with Gasteiger partial charge in [0.05, 0.1) is 0 Å². The highest BCUT2D eigenvalue weighted by Crippen LogP contribution is 2.37. The van der Waals surface area contributed by atoms with E-state index in [2.05, 4.69) is 11.8 Å². The van der Waals surface area contributed by atoms with E-state index >= 15 is 0 Å². The van der Waals surface area contributed by atoms with E-state index in [1.54, 1.807) is 18.2 Å². The van der Waals surface area contributed by atoms with Crippen LogP contribution in [0, 0.1) is 11.8 Å². The molecule has 0 amide bonds. The molecule has 1 saturated heterocycles. The number of carbonyl (C=O) groups excluding carboxylic acids is 4. The monoisotopic (exact) mass is 508 g/mol. The van der Waals surface area contributed by atoms with Crippen LogP contribution >= 0.6 is 0 Å². The SMILES string of the molecule is CC(=O)OC[C@H]1O[C@H](c2cccc(C#Cc3ccccc3)c2)[C@@H](OC(C)=O)[C@H](OC(C)=O)[C@@H]1OC(C)=O. The smallest absolute Gasteiger partial charge is 0.303 e. The highest BCUT2D eigenvalue weighted by molar-refractivity contribution is 5.69. The molecule has 0 saturated carbocycles. The molecule has 1 heterocycles. The fourth-order valence-corrected chi connectivity index (χ4v) is 3.96. The molecule has 0 bridgehead atoms. The second-order valence-electron chi connectivity index (χ2n) is 8.36. The third-order valence-corrected chi connectivity index (χ3v) is 5.33. The molecule has 3 rings (SSSR count). The lowest BCUT2D eigenvalue weighted by Gasteiger charge is -2.44. The van der Waals surface area contributed by atoms with Crippen molar-refractivity contribution in [2.24, 2.45) is 0 Å². The summed E-state index contributed by atoms with van der Waals surface area (Å²) in [6.45, 7) is 4.50. The first-order chi connectivity index (χ1) is 17.6. The Balaban J connectivity index is 2.04. The summed E-state index contributed by atoms with van der Waals surface area (Å²) in [6, 6.07) is 16.5. The van der Waals surface area contributed by atoms with Crippen LogP contribution in [0.5, 0.6) is 0 Å². The van der Waals surface area contributed by atoms with Crippen LogP contribution in [0.4, 0.5) is 0 Å². The van der Waals surface area contributed by atoms with Gasteiger partial charge in [-0.2, -0.15) is 0 Å². The Morgan fingerprint density at radius 2 is 1.27 bits per heavy atom. The van der Waals surface area contributed by atoms with Gasteiger partial charge in [0.1, 0.15) is 18.8 Å². The fraction of sp³-hybridized carbons (Fsp3) is 0.357. The topological polar surface area (TPSA) is 114 Å². The molecule has 9 nitrogen and oxygen atoms in total. The van der Waals surface area contributed by atoms with Crippen LogP contribution < -0.4 is 0 Å². The van der Waals surface area contributed by atoms with E-state index < -0.39 is 54.4 Å². The van der Waals surface area contributed by atoms with Gasteiger partial charge >= 0.3 is 23.9 Å². The van der Waals surface area contributed by atoms with Crippen LogP contribution in [-0.2, 0) is 42.9 Å². The van der Waals surface area contributed by atoms with E-state index in [9.17, 15) is 19.2 Å². The van der Waals surface area contributed by atoms with Crippen LogP contribution in [0.25, 0.3) is 0 Å². The first-order valence-electron chi connectivity index (χ1n) is 11.6. The number of benzene rings is 2. The maximum Gasteiger partial charge on any atom is 0.303 e. The van der Waals surface area contributed by atoms with Gasteiger partial charge in [0.2, 0.25) is 0 Å². The Hall–Kier alpha value is -4.16. The molecule has 0 aromatic heterocycles. The highest BCUT2D eigenvalue weighted by atomic mass is 16.7. The Bertz CT molecular complexity index is 1190. The largest absolute Gasteiger partial charge is 0.463 e. The van der Waals surface area contributed by atoms with E-state index in [4.69, 9.17) is 23.7 Å². The third-order valence-electron chi connectivity index (χ3n) is 5.33. The minimum atomic E-state index is -1.23. The molecule has 5 atom stereocenters. The van der Waals surface area contributed by atoms with Crippen molar-refractivity contribution in [1.29, 1.82) is 0 Å². The molecule has 1 fully saturated rings. The van der Waals surface area contributed by atoms with Gasteiger partial charge in [-0.3, -0.25) is 19.2 Å². The van der Waals surface area contributed by atoms with Gasteiger partial charge in [-0.15, -0.1) is 0 Å². The average Bonchev–Trinajstić information content (AvgIpc) is 2.84. The van der Waals surface area contributed by atoms with Crippen molar-refractivity contribution in [2.75, 3.05) is 6.61 Å². The van der Waals surface area contributed by atoms with Gasteiger partial charge in [0, 0.05) is 38.8 Å². The van der Waals surface area contributed by atoms with Crippen molar-refractivity contribution in [3.05, 3.63) is 71.3 Å². The molecular formula is C28H28O9. The number of esters is 4. The summed E-state index contributed by atoms with van der Waals surface area (Å²) in [6.07, 6.45) is -5.59. The maximum absolute atomic E-state index is 12.1. The normalized spacial score (nSPS) is 22.5. The molecule has 9 heteroatoms. The molecule has 1 aliphatic heterocycles. The minimum Gasteiger partial charge on any atom is -0.463 e. The summed E-state index contributed by atoms with van der Waals surface area (Å²) in [5.41, 5.74) is 2.06. The summed E-state index contributed by atoms with van der Waals surface area (Å²) < 4.78 is 27.8. The molecular weight excluding hydrogens is 480 g/mol. The lowest BCUT2D eigenvalue weighted by molar-refractivity contribution is -0.254. The molecule has 0 radical (unpaired) electrons. The molecule has 1 aliphatic rings. The molecule has 194 valence electrons. The first kappa shape index (κ1) is 27.4. The zero-order valence-corrected chi connectivity index (χ0v) is 21.0. The molecule has 2 aromatic carbocycles. The van der Waals surface area contributed by atoms with Gasteiger partial charge in [0.15, 0.2) is 18.3 Å². The van der Waals surface area contributed by atoms with Gasteiger partial charge in [0.25, 0.3) is 0 Å². The number of hydrogen-bond donors (Lipinski definition) is 0. The lowest BCUT2D eigenvalue weighted by atomic mass is 9.90. The number of carbonyl (C=O) groups is 4. The zero-order chi connectivity index (χ0) is 26.9. The first-order valence-corrected chi connectivity index (χ1v) is 11.6. The Morgan fingerprint density at radius 3 is 1.89 bits per heavy atom. The lowest BCUT2D eigenvalue weighted by Crippen LogP contribution is -2.59. The minimum absolute atomic E-state index is 0.290. The molecule has 37 heavy (non-hydrogen) atoms. The van der Waals surface area contributed by atoms with Crippen LogP contribution in [0.3, 0.4) is 0 Å². The molecule has 0 spiro atoms. The molecule has 0 N–H and O–H groups in total. The average molecular weight is 509 g/mol. The molecule has 0 aliphatic carbocycles. The fourth-order valence-electron chi connectivity index (χ4n) is 3.96. The van der Waals surface area contributed by atoms with Crippen molar-refractivity contribution in [1.82, 2.24) is 0 Å². The van der Waals surface area contributed by atoms with Crippen LogP contribution in [0.1, 0.15) is 50.5 Å². The van der Waals surface area contributed by atoms with Crippen molar-refractivity contribution in [3.8, 4) is 11.8 Å². The van der Waals surface area contributed by atoms with Crippen molar-refractivity contribution < 1.29 is 42.9 Å². The maximum atomic E-state index is 12.1. The van der Waals surface area contributed by atoms with Crippen molar-refractivity contribution >= 4 is 23.9 Å². The van der Waals surface area contributed by atoms with Gasteiger partial charge in [-0.1, -0.05) is 42.2 Å². The van der Waals surface area contributed by atoms with Crippen LogP contribution in [0.15, 0.2) is 54.6 Å². The number of rotatable bonds is 6. The summed E-state index contributed by atoms with van der Waals surface area (Å²) in [5, 5.41) is 0. The number of hydrogen-bond acceptors (Lipinski definition) is 9. The quantitative estimate of drug-likeness (QED) is 0.330. The molecule has 0 unspecified atom stereocenters. The van der Waals surface area contributed by atoms with Crippen LogP contribution in [0.2, 0.25) is 0 Å². The standard InChI is InChI=1S/C28H28O9/c1-17(29)33-16-24-26(34-18(2)30)28(36-20(4)32)27(35-19(3)31)25(37-24)23-12-8-11-22(15-23)14-13-21-9-6-5-7-10-21/h5-12,15,24-28H,16H2,1-4H3/t24-,25-,26-,27-,28-/m1/s1. The zero-order valence-electron chi connectivity index (χ0n) is 21.0. The van der Waals surface area contributed by atoms with Crippen molar-refractivity contribution in [2.45, 2.75) is 58.2 Å². The van der Waals surface area contributed by atoms with Gasteiger partial charge < -0.3 is 23.7 Å². The summed E-state index contributed by atoms with van der Waals surface area (Å²) in [7, 11) is 0. The highest BCUT2D eigenvalue weighted by Gasteiger charge is 2.52. The Labute approximate surface area is 215 Å². The summed E-state index contributed by atoms with van der Waals surface area (Å²) in [5.74, 6) is 3.56. The van der Waals surface area contributed by atoms with E-state index in [-0.39, 0.29) is 6.61 Å². The van der Waals surface area contributed by atoms with Crippen LogP contribution in [-0.4, -0.2) is 54.9 Å². The predicted molar refractivity (Wildman–Crippen MR) is 130 cm³/mol. The van der Waals surface area contributed by atoms with E-state index in [0.29, 0.717) is 11.1 Å². The second kappa shape index (κ2) is 12.7. The summed E-state index contributed by atoms with van der Waals surface area (Å²) >= 11 is 0. The van der Waals surface area contributed by atoms with E-state index in [0.717, 1.165) is 5.56 Å². The van der Waals surface area contributed by atoms with E-state index in [1.165, 1.54) is 27.7 Å². The molecule has 2 aromatic rings. The van der Waals surface area contributed by atoms with Gasteiger partial charge in [-0.05, 0) is 29.8 Å². The summed E-state index contributed by atoms with van der Waals surface area (Å²) in [4.78, 5) is 47.5. The Morgan fingerprint density at radius 1 is 0.703 bits per heavy atom. The Kier molecular flexibility index (Phi) is 9.41. The number of ether oxygens (including phenoxy) is 5. The second-order valence-corrected chi connectivity index (χ2v) is 8.36.